The number of carboxylic acid groups (broad SMARTS) is 1. The Morgan fingerprint density at radius 2 is 1.89 bits per heavy atom. The maximum atomic E-state index is 11.2. The van der Waals surface area contributed by atoms with Gasteiger partial charge in [0.05, 0.1) is 18.1 Å². The summed E-state index contributed by atoms with van der Waals surface area (Å²) in [5.74, 6) is -2.44. The number of nitrogens with zero attached hydrogens (tertiary/aromatic N) is 3. The molecule has 1 aromatic rings. The molecule has 0 saturated heterocycles. The summed E-state index contributed by atoms with van der Waals surface area (Å²) in [4.78, 5) is 15.1. The highest BCUT2D eigenvalue weighted by atomic mass is 32.2. The van der Waals surface area contributed by atoms with Crippen LogP contribution in [-0.4, -0.2) is 17.3 Å². The number of hydrogen-bond acceptors (Lipinski definition) is 6. The topological polar surface area (TPSA) is 100 Å². The number of carbonyl (C=O) groups excluding carboxylic acids is 1. The first-order chi connectivity index (χ1) is 9.13. The maximum Gasteiger partial charge on any atom is 0.180 e. The van der Waals surface area contributed by atoms with E-state index in [1.165, 1.54) is 0 Å². The van der Waals surface area contributed by atoms with Crippen molar-refractivity contribution in [3.05, 3.63) is 35.9 Å². The van der Waals surface area contributed by atoms with E-state index in [1.807, 2.05) is 0 Å². The third-order valence-electron chi connectivity index (χ3n) is 2.31. The smallest absolute Gasteiger partial charge is 0.180 e. The number of carbonyl (C=O) groups is 1. The lowest BCUT2D eigenvalue weighted by Crippen LogP contribution is -2.29. The maximum absolute atomic E-state index is 11.2. The molecule has 1 aromatic carbocycles. The fourth-order valence-corrected chi connectivity index (χ4v) is 1.96. The molecule has 0 fully saturated rings. The van der Waals surface area contributed by atoms with Gasteiger partial charge in [-0.15, -0.1) is 11.8 Å². The molecule has 96 valence electrons. The van der Waals surface area contributed by atoms with Gasteiger partial charge in [0.2, 0.25) is 0 Å². The van der Waals surface area contributed by atoms with Crippen molar-refractivity contribution in [2.75, 3.05) is 6.26 Å². The molecule has 6 heteroatoms. The molecule has 0 N–H and O–H groups in total. The van der Waals surface area contributed by atoms with Crippen LogP contribution in [0.15, 0.2) is 35.3 Å². The minimum atomic E-state index is -1.37. The van der Waals surface area contributed by atoms with Gasteiger partial charge in [-0.2, -0.15) is 10.5 Å². The average molecular weight is 272 g/mol. The van der Waals surface area contributed by atoms with E-state index in [1.54, 1.807) is 48.7 Å². The molecule has 19 heavy (non-hydrogen) atoms. The molecular weight excluding hydrogens is 262 g/mol. The fraction of sp³-hybridized carbons (Fsp3) is 0.231. The van der Waals surface area contributed by atoms with Gasteiger partial charge in [0.15, 0.2) is 5.92 Å². The van der Waals surface area contributed by atoms with Crippen LogP contribution in [0, 0.1) is 28.6 Å². The van der Waals surface area contributed by atoms with Gasteiger partial charge in [0, 0.05) is 0 Å². The van der Waals surface area contributed by atoms with Crippen molar-refractivity contribution in [3.63, 3.8) is 0 Å². The molecule has 5 nitrogen and oxygen atoms in total. The van der Waals surface area contributed by atoms with E-state index in [0.29, 0.717) is 5.56 Å². The highest BCUT2D eigenvalue weighted by molar-refractivity contribution is 8.13. The van der Waals surface area contributed by atoms with Gasteiger partial charge in [-0.05, 0) is 11.8 Å². The normalized spacial score (nSPS) is 12.5. The van der Waals surface area contributed by atoms with Crippen molar-refractivity contribution in [2.45, 2.75) is 6.04 Å². The zero-order valence-corrected chi connectivity index (χ0v) is 10.9. The van der Waals surface area contributed by atoms with E-state index in [-0.39, 0.29) is 5.04 Å². The minimum absolute atomic E-state index is 0.169. The number of hydrogen-bond donors (Lipinski definition) is 0. The molecule has 0 spiro atoms. The van der Waals surface area contributed by atoms with Crippen molar-refractivity contribution in [1.82, 2.24) is 0 Å². The second-order valence-electron chi connectivity index (χ2n) is 3.49. The molecule has 0 saturated carbocycles. The average Bonchev–Trinajstić information content (AvgIpc) is 2.44. The fourth-order valence-electron chi connectivity index (χ4n) is 1.41. The SMILES string of the molecule is CSC(=N[C@@H](C(=O)[O-])c1ccccc1)C(C#N)C#N. The summed E-state index contributed by atoms with van der Waals surface area (Å²) in [5.41, 5.74) is 0.448. The third kappa shape index (κ3) is 3.84. The summed E-state index contributed by atoms with van der Waals surface area (Å²) in [7, 11) is 0. The summed E-state index contributed by atoms with van der Waals surface area (Å²) >= 11 is 1.08. The van der Waals surface area contributed by atoms with E-state index in [0.717, 1.165) is 11.8 Å². The number of benzene rings is 1. The summed E-state index contributed by atoms with van der Waals surface area (Å²) in [5, 5.41) is 29.0. The first-order valence-electron chi connectivity index (χ1n) is 5.30. The van der Waals surface area contributed by atoms with Crippen LogP contribution in [0.5, 0.6) is 0 Å². The van der Waals surface area contributed by atoms with Crippen molar-refractivity contribution in [1.29, 1.82) is 10.5 Å². The van der Waals surface area contributed by atoms with E-state index >= 15 is 0 Å². The highest BCUT2D eigenvalue weighted by Gasteiger charge is 2.18. The van der Waals surface area contributed by atoms with Crippen LogP contribution in [0.3, 0.4) is 0 Å². The first-order valence-corrected chi connectivity index (χ1v) is 6.53. The van der Waals surface area contributed by atoms with Crippen molar-refractivity contribution in [2.24, 2.45) is 10.9 Å². The Morgan fingerprint density at radius 1 is 1.32 bits per heavy atom. The van der Waals surface area contributed by atoms with Gasteiger partial charge in [0.1, 0.15) is 11.1 Å². The zero-order valence-electron chi connectivity index (χ0n) is 10.1. The van der Waals surface area contributed by atoms with Crippen LogP contribution in [-0.2, 0) is 4.79 Å². The summed E-state index contributed by atoms with van der Waals surface area (Å²) in [6.45, 7) is 0. The van der Waals surface area contributed by atoms with Crippen LogP contribution in [0.1, 0.15) is 11.6 Å². The Morgan fingerprint density at radius 3 is 2.32 bits per heavy atom. The van der Waals surface area contributed by atoms with Crippen LogP contribution < -0.4 is 5.11 Å². The molecule has 1 atom stereocenters. The van der Waals surface area contributed by atoms with E-state index in [9.17, 15) is 9.90 Å². The third-order valence-corrected chi connectivity index (χ3v) is 3.07. The van der Waals surface area contributed by atoms with Gasteiger partial charge < -0.3 is 9.90 Å². The molecule has 0 aliphatic carbocycles. The molecule has 0 aromatic heterocycles. The predicted molar refractivity (Wildman–Crippen MR) is 69.9 cm³/mol. The first kappa shape index (κ1) is 14.7. The Bertz CT molecular complexity index is 543. The van der Waals surface area contributed by atoms with Crippen molar-refractivity contribution < 1.29 is 9.90 Å². The minimum Gasteiger partial charge on any atom is -0.547 e. The summed E-state index contributed by atoms with van der Waals surface area (Å²) in [6.07, 6.45) is 1.64. The van der Waals surface area contributed by atoms with Crippen LogP contribution in [0.25, 0.3) is 0 Å². The Kier molecular flexibility index (Phi) is 5.59. The molecule has 0 amide bonds. The number of thioether (sulfide) groups is 1. The van der Waals surface area contributed by atoms with Gasteiger partial charge in [-0.25, -0.2) is 0 Å². The Balaban J connectivity index is 3.18. The molecule has 0 aliphatic heterocycles. The van der Waals surface area contributed by atoms with Crippen molar-refractivity contribution >= 4 is 22.8 Å². The number of aliphatic carboxylic acids is 1. The molecular formula is C13H10N3O2S-. The molecule has 1 rings (SSSR count). The monoisotopic (exact) mass is 272 g/mol. The Hall–Kier alpha value is -2.31. The molecule has 0 heterocycles. The lowest BCUT2D eigenvalue weighted by Gasteiger charge is -2.16. The molecule has 0 unspecified atom stereocenters. The van der Waals surface area contributed by atoms with Gasteiger partial charge in [-0.3, -0.25) is 4.99 Å². The standard InChI is InChI=1S/C13H11N3O2S/c1-19-12(10(7-14)8-15)16-11(13(17)18)9-5-3-2-4-6-9/h2-6,10-11H,1H3,(H,17,18)/p-1/t11-/m1/s1. The number of carboxylic acids is 1. The van der Waals surface area contributed by atoms with Crippen LogP contribution in [0.2, 0.25) is 0 Å². The van der Waals surface area contributed by atoms with E-state index in [4.69, 9.17) is 10.5 Å². The zero-order chi connectivity index (χ0) is 14.3. The second kappa shape index (κ2) is 7.20. The lowest BCUT2D eigenvalue weighted by molar-refractivity contribution is -0.307. The quantitative estimate of drug-likeness (QED) is 0.599. The van der Waals surface area contributed by atoms with Crippen molar-refractivity contribution in [3.8, 4) is 12.1 Å². The largest absolute Gasteiger partial charge is 0.547 e. The highest BCUT2D eigenvalue weighted by Crippen LogP contribution is 2.21. The van der Waals surface area contributed by atoms with Gasteiger partial charge in [-0.1, -0.05) is 30.3 Å². The second-order valence-corrected chi connectivity index (χ2v) is 4.32. The van der Waals surface area contributed by atoms with Crippen LogP contribution in [0.4, 0.5) is 0 Å². The predicted octanol–water partition coefficient (Wildman–Crippen LogP) is 0.902. The number of nitriles is 2. The van der Waals surface area contributed by atoms with Gasteiger partial charge in [0.25, 0.3) is 0 Å². The van der Waals surface area contributed by atoms with E-state index in [2.05, 4.69) is 4.99 Å². The lowest BCUT2D eigenvalue weighted by atomic mass is 10.1. The van der Waals surface area contributed by atoms with Crippen LogP contribution >= 0.6 is 11.8 Å². The Labute approximate surface area is 115 Å². The summed E-state index contributed by atoms with van der Waals surface area (Å²) < 4.78 is 0. The summed E-state index contributed by atoms with van der Waals surface area (Å²) in [6, 6.07) is 10.7. The molecule has 0 aliphatic rings. The molecule has 0 bridgehead atoms. The van der Waals surface area contributed by atoms with Gasteiger partial charge >= 0.3 is 0 Å². The molecule has 0 radical (unpaired) electrons. The number of rotatable bonds is 4. The van der Waals surface area contributed by atoms with E-state index < -0.39 is 17.9 Å². The number of aliphatic imine (C=N–C) groups is 1.